The zero-order chi connectivity index (χ0) is 22.5. The first kappa shape index (κ1) is 21.9. The van der Waals surface area contributed by atoms with Crippen LogP contribution in [0.5, 0.6) is 11.5 Å². The molecule has 1 unspecified atom stereocenters. The number of hydrogen-bond acceptors (Lipinski definition) is 4. The number of carbonyl (C=O) groups excluding carboxylic acids is 1. The highest BCUT2D eigenvalue weighted by atomic mass is 16.5. The minimum Gasteiger partial charge on any atom is -0.507 e. The molecule has 1 aromatic heterocycles. The van der Waals surface area contributed by atoms with Crippen LogP contribution in [0.15, 0.2) is 48.5 Å². The van der Waals surface area contributed by atoms with Gasteiger partial charge in [-0.15, -0.1) is 0 Å². The molecule has 1 atom stereocenters. The van der Waals surface area contributed by atoms with E-state index in [0.717, 1.165) is 49.0 Å². The lowest BCUT2D eigenvalue weighted by Gasteiger charge is -2.26. The molecule has 168 valence electrons. The van der Waals surface area contributed by atoms with Gasteiger partial charge in [-0.25, -0.2) is 0 Å². The van der Waals surface area contributed by atoms with Gasteiger partial charge >= 0.3 is 0 Å². The summed E-state index contributed by atoms with van der Waals surface area (Å²) in [6, 6.07) is 14.9. The lowest BCUT2D eigenvalue weighted by molar-refractivity contribution is 0.0740. The second kappa shape index (κ2) is 9.90. The predicted molar refractivity (Wildman–Crippen MR) is 125 cm³/mol. The standard InChI is InChI=1S/C26H31N3O3/c1-3-5-9-16-29-25(18-12-14-19(15-13-18)32-17-6-4-2)22-23(27-28-24(22)26(29)31)20-10-7-8-11-21(20)30/h7-8,10-15,25,30H,3-6,9,16-17H2,1-2H3,(H,27,28). The fourth-order valence-electron chi connectivity index (χ4n) is 4.27. The number of phenolic OH excluding ortho intramolecular Hbond substituents is 1. The van der Waals surface area contributed by atoms with E-state index in [1.807, 2.05) is 41.3 Å². The van der Waals surface area contributed by atoms with Crippen LogP contribution in [0.25, 0.3) is 11.3 Å². The summed E-state index contributed by atoms with van der Waals surface area (Å²) in [5, 5.41) is 17.8. The summed E-state index contributed by atoms with van der Waals surface area (Å²) in [7, 11) is 0. The maximum Gasteiger partial charge on any atom is 0.273 e. The Balaban J connectivity index is 1.72. The fraction of sp³-hybridized carbons (Fsp3) is 0.385. The summed E-state index contributed by atoms with van der Waals surface area (Å²) in [6.07, 6.45) is 5.21. The number of rotatable bonds is 10. The first-order valence-electron chi connectivity index (χ1n) is 11.6. The third kappa shape index (κ3) is 4.22. The van der Waals surface area contributed by atoms with Gasteiger partial charge in [-0.2, -0.15) is 5.10 Å². The summed E-state index contributed by atoms with van der Waals surface area (Å²) >= 11 is 0. The van der Waals surface area contributed by atoms with Gasteiger partial charge in [0.1, 0.15) is 22.9 Å². The van der Waals surface area contributed by atoms with Crippen LogP contribution in [0.2, 0.25) is 0 Å². The summed E-state index contributed by atoms with van der Waals surface area (Å²) in [5.74, 6) is 0.938. The number of benzene rings is 2. The van der Waals surface area contributed by atoms with Gasteiger partial charge in [-0.1, -0.05) is 57.4 Å². The number of unbranched alkanes of at least 4 members (excludes halogenated alkanes) is 3. The number of aromatic nitrogens is 2. The molecule has 1 aliphatic rings. The third-order valence-electron chi connectivity index (χ3n) is 5.99. The van der Waals surface area contributed by atoms with Crippen LogP contribution in [0.1, 0.15) is 73.6 Å². The normalized spacial score (nSPS) is 15.2. The molecule has 2 N–H and O–H groups in total. The number of amides is 1. The molecule has 0 fully saturated rings. The zero-order valence-corrected chi connectivity index (χ0v) is 18.8. The van der Waals surface area contributed by atoms with Gasteiger partial charge in [0, 0.05) is 17.7 Å². The molecule has 0 saturated carbocycles. The SMILES string of the molecule is CCCCCN1C(=O)c2[nH]nc(-c3ccccc3O)c2C1c1ccc(OCCCC)cc1. The minimum atomic E-state index is -0.257. The Morgan fingerprint density at radius 1 is 1.03 bits per heavy atom. The Bertz CT molecular complexity index is 1060. The second-order valence-electron chi connectivity index (χ2n) is 8.26. The number of H-pyrrole nitrogens is 1. The molecule has 0 aliphatic carbocycles. The highest BCUT2D eigenvalue weighted by Crippen LogP contribution is 2.44. The van der Waals surface area contributed by atoms with Crippen LogP contribution in [-0.2, 0) is 0 Å². The largest absolute Gasteiger partial charge is 0.507 e. The predicted octanol–water partition coefficient (Wildman–Crippen LogP) is 5.70. The smallest absolute Gasteiger partial charge is 0.273 e. The number of aromatic amines is 1. The van der Waals surface area contributed by atoms with Gasteiger partial charge in [0.2, 0.25) is 0 Å². The van der Waals surface area contributed by atoms with Gasteiger partial charge in [0.15, 0.2) is 0 Å². The van der Waals surface area contributed by atoms with E-state index in [2.05, 4.69) is 24.0 Å². The minimum absolute atomic E-state index is 0.0430. The van der Waals surface area contributed by atoms with Crippen molar-refractivity contribution in [1.82, 2.24) is 15.1 Å². The highest BCUT2D eigenvalue weighted by molar-refractivity contribution is 6.00. The molecule has 6 nitrogen and oxygen atoms in total. The van der Waals surface area contributed by atoms with Crippen molar-refractivity contribution >= 4 is 5.91 Å². The van der Waals surface area contributed by atoms with Crippen LogP contribution in [-0.4, -0.2) is 39.3 Å². The van der Waals surface area contributed by atoms with Crippen LogP contribution in [0.4, 0.5) is 0 Å². The van der Waals surface area contributed by atoms with Crippen molar-refractivity contribution < 1.29 is 14.6 Å². The van der Waals surface area contributed by atoms with E-state index in [1.165, 1.54) is 0 Å². The molecule has 32 heavy (non-hydrogen) atoms. The lowest BCUT2D eigenvalue weighted by atomic mass is 9.95. The Labute approximate surface area is 189 Å². The molecule has 0 radical (unpaired) electrons. The molecule has 0 saturated heterocycles. The molecule has 3 aromatic rings. The van der Waals surface area contributed by atoms with Crippen molar-refractivity contribution in [2.75, 3.05) is 13.2 Å². The molecule has 1 aliphatic heterocycles. The maximum absolute atomic E-state index is 13.3. The lowest BCUT2D eigenvalue weighted by Crippen LogP contribution is -2.30. The molecule has 1 amide bonds. The average molecular weight is 434 g/mol. The van der Waals surface area contributed by atoms with E-state index in [1.54, 1.807) is 12.1 Å². The average Bonchev–Trinajstić information content (AvgIpc) is 3.34. The number of aromatic hydroxyl groups is 1. The van der Waals surface area contributed by atoms with Gasteiger partial charge in [-0.05, 0) is 42.7 Å². The van der Waals surface area contributed by atoms with Gasteiger partial charge in [0.25, 0.3) is 5.91 Å². The number of phenols is 1. The van der Waals surface area contributed by atoms with E-state index in [-0.39, 0.29) is 17.7 Å². The molecule has 2 aromatic carbocycles. The van der Waals surface area contributed by atoms with Gasteiger partial charge < -0.3 is 14.7 Å². The van der Waals surface area contributed by atoms with Crippen LogP contribution in [0, 0.1) is 0 Å². The van der Waals surface area contributed by atoms with E-state index in [9.17, 15) is 9.90 Å². The van der Waals surface area contributed by atoms with Crippen molar-refractivity contribution in [3.05, 3.63) is 65.4 Å². The van der Waals surface area contributed by atoms with Crippen molar-refractivity contribution in [2.45, 2.75) is 52.0 Å². The molecule has 0 spiro atoms. The third-order valence-corrected chi connectivity index (χ3v) is 5.99. The van der Waals surface area contributed by atoms with E-state index < -0.39 is 0 Å². The number of ether oxygens (including phenoxy) is 1. The molecular formula is C26H31N3O3. The number of hydrogen-bond donors (Lipinski definition) is 2. The summed E-state index contributed by atoms with van der Waals surface area (Å²) < 4.78 is 5.82. The Kier molecular flexibility index (Phi) is 6.78. The van der Waals surface area contributed by atoms with Crippen molar-refractivity contribution in [3.63, 3.8) is 0 Å². The zero-order valence-electron chi connectivity index (χ0n) is 18.8. The van der Waals surface area contributed by atoms with Crippen molar-refractivity contribution in [1.29, 1.82) is 0 Å². The fourth-order valence-corrected chi connectivity index (χ4v) is 4.27. The van der Waals surface area contributed by atoms with Crippen LogP contribution < -0.4 is 4.74 Å². The number of carbonyl (C=O) groups is 1. The molecule has 4 rings (SSSR count). The monoisotopic (exact) mass is 433 g/mol. The van der Waals surface area contributed by atoms with E-state index in [4.69, 9.17) is 4.74 Å². The van der Waals surface area contributed by atoms with E-state index >= 15 is 0 Å². The molecule has 0 bridgehead atoms. The van der Waals surface area contributed by atoms with E-state index in [0.29, 0.717) is 30.1 Å². The number of para-hydroxylation sites is 1. The molecule has 6 heteroatoms. The first-order chi connectivity index (χ1) is 15.7. The van der Waals surface area contributed by atoms with Gasteiger partial charge in [0.05, 0.1) is 12.6 Å². The maximum atomic E-state index is 13.3. The quantitative estimate of drug-likeness (QED) is 0.402. The van der Waals surface area contributed by atoms with Crippen LogP contribution >= 0.6 is 0 Å². The van der Waals surface area contributed by atoms with Gasteiger partial charge in [-0.3, -0.25) is 9.89 Å². The number of nitrogens with zero attached hydrogens (tertiary/aromatic N) is 2. The number of nitrogens with one attached hydrogen (secondary N) is 1. The second-order valence-corrected chi connectivity index (χ2v) is 8.26. The Hall–Kier alpha value is -3.28. The topological polar surface area (TPSA) is 78.5 Å². The molecular weight excluding hydrogens is 402 g/mol. The van der Waals surface area contributed by atoms with Crippen molar-refractivity contribution in [2.24, 2.45) is 0 Å². The highest BCUT2D eigenvalue weighted by Gasteiger charge is 2.42. The molecule has 2 heterocycles. The summed E-state index contributed by atoms with van der Waals surface area (Å²) in [4.78, 5) is 15.2. The number of fused-ring (bicyclic) bond motifs is 1. The van der Waals surface area contributed by atoms with Crippen LogP contribution in [0.3, 0.4) is 0 Å². The summed E-state index contributed by atoms with van der Waals surface area (Å²) in [5.41, 5.74) is 3.59. The van der Waals surface area contributed by atoms with Crippen molar-refractivity contribution in [3.8, 4) is 22.8 Å². The Morgan fingerprint density at radius 3 is 2.50 bits per heavy atom. The first-order valence-corrected chi connectivity index (χ1v) is 11.6. The summed E-state index contributed by atoms with van der Waals surface area (Å²) in [6.45, 7) is 5.67. The Morgan fingerprint density at radius 2 is 1.78 bits per heavy atom.